The van der Waals surface area contributed by atoms with Crippen LogP contribution < -0.4 is 10.6 Å². The van der Waals surface area contributed by atoms with E-state index in [2.05, 4.69) is 17.6 Å². The van der Waals surface area contributed by atoms with Crippen molar-refractivity contribution < 1.29 is 9.59 Å². The molecule has 2 rings (SSSR count). The van der Waals surface area contributed by atoms with Gasteiger partial charge in [-0.1, -0.05) is 38.7 Å². The Morgan fingerprint density at radius 2 is 1.81 bits per heavy atom. The molecule has 27 heavy (non-hydrogen) atoms. The van der Waals surface area contributed by atoms with Crippen LogP contribution in [0.15, 0.2) is 24.3 Å². The topological polar surface area (TPSA) is 61.4 Å². The Morgan fingerprint density at radius 1 is 1.07 bits per heavy atom. The van der Waals surface area contributed by atoms with Crippen molar-refractivity contribution in [2.24, 2.45) is 0 Å². The number of piperidine rings is 1. The molecule has 148 valence electrons. The van der Waals surface area contributed by atoms with Crippen molar-refractivity contribution in [3.05, 3.63) is 29.8 Å². The van der Waals surface area contributed by atoms with Crippen LogP contribution in [-0.4, -0.2) is 34.9 Å². The number of hydrogen-bond acceptors (Lipinski definition) is 3. The first-order valence-corrected chi connectivity index (χ1v) is 10.5. The standard InChI is InChI=1S/C21H31N3O2S/c1-2-3-4-5-7-13-19(25)23-21(27)22-18-12-10-11-17(16-18)20(26)24-14-8-6-9-15-24/h10-12,16H,2-9,13-15H2,1H3,(H2,22,23,25,27). The van der Waals surface area contributed by atoms with Gasteiger partial charge >= 0.3 is 0 Å². The van der Waals surface area contributed by atoms with Gasteiger partial charge < -0.3 is 15.5 Å². The summed E-state index contributed by atoms with van der Waals surface area (Å²) in [5.41, 5.74) is 1.36. The number of carbonyl (C=O) groups excluding carboxylic acids is 2. The molecule has 2 N–H and O–H groups in total. The fourth-order valence-electron chi connectivity index (χ4n) is 3.25. The molecule has 0 spiro atoms. The third-order valence-electron chi connectivity index (χ3n) is 4.77. The Labute approximate surface area is 167 Å². The Bertz CT molecular complexity index is 642. The number of carbonyl (C=O) groups is 2. The van der Waals surface area contributed by atoms with Gasteiger partial charge in [-0.2, -0.15) is 0 Å². The summed E-state index contributed by atoms with van der Waals surface area (Å²) in [7, 11) is 0. The maximum atomic E-state index is 12.6. The molecule has 0 unspecified atom stereocenters. The van der Waals surface area contributed by atoms with Crippen molar-refractivity contribution in [2.75, 3.05) is 18.4 Å². The van der Waals surface area contributed by atoms with Crippen LogP contribution in [0.25, 0.3) is 0 Å². The lowest BCUT2D eigenvalue weighted by atomic mass is 10.1. The summed E-state index contributed by atoms with van der Waals surface area (Å²) in [5, 5.41) is 6.00. The minimum atomic E-state index is -0.0652. The van der Waals surface area contributed by atoms with E-state index >= 15 is 0 Å². The predicted molar refractivity (Wildman–Crippen MR) is 114 cm³/mol. The summed E-state index contributed by atoms with van der Waals surface area (Å²) in [4.78, 5) is 26.5. The van der Waals surface area contributed by atoms with Gasteiger partial charge in [0, 0.05) is 30.8 Å². The zero-order valence-corrected chi connectivity index (χ0v) is 17.1. The van der Waals surface area contributed by atoms with Crippen molar-refractivity contribution >= 4 is 34.8 Å². The number of anilines is 1. The molecule has 0 aromatic heterocycles. The maximum Gasteiger partial charge on any atom is 0.253 e. The van der Waals surface area contributed by atoms with Crippen LogP contribution in [-0.2, 0) is 4.79 Å². The summed E-state index contributed by atoms with van der Waals surface area (Å²) < 4.78 is 0. The van der Waals surface area contributed by atoms with Gasteiger partial charge in [0.05, 0.1) is 0 Å². The van der Waals surface area contributed by atoms with Crippen LogP contribution >= 0.6 is 12.2 Å². The van der Waals surface area contributed by atoms with Gasteiger partial charge in [-0.25, -0.2) is 0 Å². The second-order valence-corrected chi connectivity index (χ2v) is 7.51. The molecule has 1 saturated heterocycles. The number of unbranched alkanes of at least 4 members (excludes halogenated alkanes) is 4. The van der Waals surface area contributed by atoms with Crippen molar-refractivity contribution in [1.82, 2.24) is 10.2 Å². The predicted octanol–water partition coefficient (Wildman–Crippen LogP) is 4.49. The number of hydrogen-bond donors (Lipinski definition) is 2. The van der Waals surface area contributed by atoms with Gasteiger partial charge in [0.15, 0.2) is 5.11 Å². The van der Waals surface area contributed by atoms with E-state index in [0.717, 1.165) is 38.8 Å². The van der Waals surface area contributed by atoms with Crippen molar-refractivity contribution in [2.45, 2.75) is 64.7 Å². The molecule has 2 amide bonds. The van der Waals surface area contributed by atoms with Crippen molar-refractivity contribution in [3.63, 3.8) is 0 Å². The fourth-order valence-corrected chi connectivity index (χ4v) is 3.48. The molecule has 0 saturated carbocycles. The first-order valence-electron chi connectivity index (χ1n) is 10.1. The minimum Gasteiger partial charge on any atom is -0.339 e. The second kappa shape index (κ2) is 11.7. The van der Waals surface area contributed by atoms with Crippen LogP contribution in [0.3, 0.4) is 0 Å². The van der Waals surface area contributed by atoms with Gasteiger partial charge in [0.1, 0.15) is 0 Å². The number of thiocarbonyl (C=S) groups is 1. The molecule has 0 aliphatic carbocycles. The van der Waals surface area contributed by atoms with Gasteiger partial charge in [-0.3, -0.25) is 9.59 Å². The number of nitrogens with zero attached hydrogens (tertiary/aromatic N) is 1. The fraction of sp³-hybridized carbons (Fsp3) is 0.571. The second-order valence-electron chi connectivity index (χ2n) is 7.10. The van der Waals surface area contributed by atoms with Crippen LogP contribution in [0.2, 0.25) is 0 Å². The highest BCUT2D eigenvalue weighted by atomic mass is 32.1. The Morgan fingerprint density at radius 3 is 2.56 bits per heavy atom. The van der Waals surface area contributed by atoms with E-state index in [0.29, 0.717) is 17.7 Å². The third-order valence-corrected chi connectivity index (χ3v) is 4.98. The zero-order valence-electron chi connectivity index (χ0n) is 16.3. The van der Waals surface area contributed by atoms with E-state index in [4.69, 9.17) is 12.2 Å². The van der Waals surface area contributed by atoms with E-state index in [1.807, 2.05) is 23.1 Å². The van der Waals surface area contributed by atoms with E-state index in [9.17, 15) is 9.59 Å². The molecule has 1 fully saturated rings. The SMILES string of the molecule is CCCCCCCC(=O)NC(=S)Nc1cccc(C(=O)N2CCCCC2)c1. The van der Waals surface area contributed by atoms with Crippen LogP contribution in [0.5, 0.6) is 0 Å². The number of likely N-dealkylation sites (tertiary alicyclic amines) is 1. The number of benzene rings is 1. The van der Waals surface area contributed by atoms with E-state index in [1.165, 1.54) is 25.7 Å². The molecule has 1 aliphatic heterocycles. The average molecular weight is 390 g/mol. The number of rotatable bonds is 8. The third kappa shape index (κ3) is 7.67. The molecule has 1 heterocycles. The molecule has 1 aliphatic rings. The van der Waals surface area contributed by atoms with Gasteiger partial charge in [-0.05, 0) is 56.1 Å². The minimum absolute atomic E-state index is 0.0559. The van der Waals surface area contributed by atoms with Crippen LogP contribution in [0.1, 0.15) is 75.1 Å². The highest BCUT2D eigenvalue weighted by Crippen LogP contribution is 2.16. The van der Waals surface area contributed by atoms with Gasteiger partial charge in [-0.15, -0.1) is 0 Å². The smallest absolute Gasteiger partial charge is 0.253 e. The Hall–Kier alpha value is -1.95. The first kappa shape index (κ1) is 21.4. The normalized spacial score (nSPS) is 13.9. The molecule has 5 nitrogen and oxygen atoms in total. The quantitative estimate of drug-likeness (QED) is 0.508. The molecular formula is C21H31N3O2S. The van der Waals surface area contributed by atoms with Gasteiger partial charge in [0.25, 0.3) is 5.91 Å². The highest BCUT2D eigenvalue weighted by molar-refractivity contribution is 7.80. The zero-order chi connectivity index (χ0) is 19.5. The molecule has 0 radical (unpaired) electrons. The molecule has 0 bridgehead atoms. The lowest BCUT2D eigenvalue weighted by molar-refractivity contribution is -0.119. The van der Waals surface area contributed by atoms with Crippen molar-refractivity contribution in [3.8, 4) is 0 Å². The lowest BCUT2D eigenvalue weighted by Crippen LogP contribution is -2.36. The molecule has 0 atom stereocenters. The number of amides is 2. The molecular weight excluding hydrogens is 358 g/mol. The van der Waals surface area contributed by atoms with E-state index in [-0.39, 0.29) is 16.9 Å². The summed E-state index contributed by atoms with van der Waals surface area (Å²) in [5.74, 6) is -0.00932. The molecule has 1 aromatic carbocycles. The molecule has 1 aromatic rings. The summed E-state index contributed by atoms with van der Waals surface area (Å²) in [6, 6.07) is 7.29. The Balaban J connectivity index is 1.80. The van der Waals surface area contributed by atoms with Crippen LogP contribution in [0, 0.1) is 0 Å². The summed E-state index contributed by atoms with van der Waals surface area (Å²) >= 11 is 5.23. The molecule has 6 heteroatoms. The highest BCUT2D eigenvalue weighted by Gasteiger charge is 2.18. The summed E-state index contributed by atoms with van der Waals surface area (Å²) in [6.45, 7) is 3.82. The van der Waals surface area contributed by atoms with Gasteiger partial charge in [0.2, 0.25) is 5.91 Å². The first-order chi connectivity index (χ1) is 13.1. The maximum absolute atomic E-state index is 12.6. The van der Waals surface area contributed by atoms with E-state index in [1.54, 1.807) is 6.07 Å². The number of nitrogens with one attached hydrogen (secondary N) is 2. The van der Waals surface area contributed by atoms with E-state index < -0.39 is 0 Å². The van der Waals surface area contributed by atoms with Crippen molar-refractivity contribution in [1.29, 1.82) is 0 Å². The average Bonchev–Trinajstić information content (AvgIpc) is 2.68. The van der Waals surface area contributed by atoms with Crippen LogP contribution in [0.4, 0.5) is 5.69 Å². The lowest BCUT2D eigenvalue weighted by Gasteiger charge is -2.26. The monoisotopic (exact) mass is 389 g/mol. The Kier molecular flexibility index (Phi) is 9.25. The summed E-state index contributed by atoms with van der Waals surface area (Å²) in [6.07, 6.45) is 9.35. The largest absolute Gasteiger partial charge is 0.339 e.